The Labute approximate surface area is 200 Å². The SMILES string of the molecule is CO.F[B-](F)(F)F.OCCC[C]1[CH][CH][CH][CH][CH]1.OCCC[C]1[CH][CH][CH][CH][CH]1.[Ru+].[Ru]. The maximum atomic E-state index is 9.75. The van der Waals surface area contributed by atoms with Crippen molar-refractivity contribution in [1.82, 2.24) is 0 Å². The fourth-order valence-corrected chi connectivity index (χ4v) is 1.86. The van der Waals surface area contributed by atoms with Gasteiger partial charge in [0.15, 0.2) is 0 Å². The molecule has 3 nitrogen and oxygen atoms in total. The van der Waals surface area contributed by atoms with Crippen LogP contribution in [0.15, 0.2) is 0 Å². The quantitative estimate of drug-likeness (QED) is 0.326. The molecule has 0 unspecified atom stereocenters. The van der Waals surface area contributed by atoms with Crippen LogP contribution in [0.2, 0.25) is 0 Å². The summed E-state index contributed by atoms with van der Waals surface area (Å²) in [5.74, 6) is 2.60. The van der Waals surface area contributed by atoms with Crippen molar-refractivity contribution in [3.05, 3.63) is 76.0 Å². The monoisotopic (exact) mass is 595 g/mol. The zero-order valence-corrected chi connectivity index (χ0v) is 19.6. The molecule has 2 aliphatic rings. The van der Waals surface area contributed by atoms with E-state index in [0.29, 0.717) is 0 Å². The maximum absolute atomic E-state index is 9.75. The Morgan fingerprint density at radius 3 is 1.10 bits per heavy atom. The average molecular weight is 593 g/mol. The van der Waals surface area contributed by atoms with Gasteiger partial charge in [0, 0.05) is 39.8 Å². The molecule has 0 aromatic rings. The van der Waals surface area contributed by atoms with Gasteiger partial charge in [-0.25, -0.2) is 0 Å². The maximum Gasteiger partial charge on any atom is 1.00 e. The van der Waals surface area contributed by atoms with E-state index in [9.17, 15) is 17.3 Å². The molecule has 0 heterocycles. The van der Waals surface area contributed by atoms with Crippen molar-refractivity contribution in [2.75, 3.05) is 20.3 Å². The van der Waals surface area contributed by atoms with Gasteiger partial charge >= 0.3 is 26.7 Å². The molecule has 0 atom stereocenters. The van der Waals surface area contributed by atoms with Gasteiger partial charge in [-0.15, -0.1) is 0 Å². The summed E-state index contributed by atoms with van der Waals surface area (Å²) in [7, 11) is -5.00. The van der Waals surface area contributed by atoms with Gasteiger partial charge in [-0.1, -0.05) is 0 Å². The van der Waals surface area contributed by atoms with E-state index in [2.05, 4.69) is 25.7 Å². The van der Waals surface area contributed by atoms with Crippen molar-refractivity contribution in [3.63, 3.8) is 0 Å². The second-order valence-electron chi connectivity index (χ2n) is 5.12. The van der Waals surface area contributed by atoms with Crippen LogP contribution in [0.5, 0.6) is 0 Å². The summed E-state index contributed by atoms with van der Waals surface area (Å²) < 4.78 is 39.0. The molecule has 2 rings (SSSR count). The summed E-state index contributed by atoms with van der Waals surface area (Å²) >= 11 is 0. The Balaban J connectivity index is -0.000000157. The van der Waals surface area contributed by atoms with Gasteiger partial charge in [0.2, 0.25) is 0 Å². The van der Waals surface area contributed by atoms with Crippen LogP contribution < -0.4 is 0 Å². The molecule has 169 valence electrons. The Bertz CT molecular complexity index is 265. The normalized spacial score (nSPS) is 17.0. The molecule has 0 spiro atoms. The second kappa shape index (κ2) is 26.9. The Kier molecular flexibility index (Phi) is 34.6. The van der Waals surface area contributed by atoms with Gasteiger partial charge in [0.1, 0.15) is 0 Å². The predicted molar refractivity (Wildman–Crippen MR) is 100 cm³/mol. The van der Waals surface area contributed by atoms with Crippen LogP contribution in [0.4, 0.5) is 17.3 Å². The largest absolute Gasteiger partial charge is 1.00 e. The van der Waals surface area contributed by atoms with Crippen LogP contribution in [0.3, 0.4) is 0 Å². The summed E-state index contributed by atoms with van der Waals surface area (Å²) in [5.41, 5.74) is 0. The van der Waals surface area contributed by atoms with E-state index in [1.54, 1.807) is 0 Å². The molecule has 0 amide bonds. The summed E-state index contributed by atoms with van der Waals surface area (Å²) in [6.45, 7) is 0.573. The third-order valence-corrected chi connectivity index (χ3v) is 2.93. The first kappa shape index (κ1) is 37.2. The number of aliphatic hydroxyl groups is 3. The topological polar surface area (TPSA) is 60.7 Å². The molecule has 0 saturated heterocycles. The van der Waals surface area contributed by atoms with Gasteiger partial charge in [0.05, 0.1) is 0 Å². The molecule has 13 radical (unpaired) electrons. The molecule has 0 aliphatic heterocycles. The molecule has 0 aromatic carbocycles. The van der Waals surface area contributed by atoms with Gasteiger partial charge in [-0.3, -0.25) is 0 Å². The smallest absolute Gasteiger partial charge is 0.418 e. The third-order valence-electron chi connectivity index (χ3n) is 2.93. The van der Waals surface area contributed by atoms with Gasteiger partial charge in [-0.05, 0) is 102 Å². The molecule has 3 N–H and O–H groups in total. The molecule has 0 bridgehead atoms. The standard InChI is InChI=1S/2C9H12O.CH4O.BF4.2Ru/c2*10-8-4-7-9-5-2-1-3-6-9;1-2;2-1(3,4)5;;/h2*1-3,5-6,10H,4,7-8H2;2H,1H3;;;/q;;;-1;;+1. The number of hydrogen-bond acceptors (Lipinski definition) is 3. The first-order chi connectivity index (χ1) is 12.9. The van der Waals surface area contributed by atoms with Crippen LogP contribution >= 0.6 is 0 Å². The molecule has 2 aliphatic carbocycles. The summed E-state index contributed by atoms with van der Waals surface area (Å²) in [6.07, 6.45) is 24.1. The predicted octanol–water partition coefficient (Wildman–Crippen LogP) is 3.64. The number of aliphatic hydroxyl groups excluding tert-OH is 3. The molecular weight excluding hydrogens is 565 g/mol. The van der Waals surface area contributed by atoms with Crippen molar-refractivity contribution in [1.29, 1.82) is 0 Å². The Morgan fingerprint density at radius 1 is 0.655 bits per heavy atom. The van der Waals surface area contributed by atoms with E-state index in [-0.39, 0.29) is 52.2 Å². The third kappa shape index (κ3) is 33.7. The van der Waals surface area contributed by atoms with Crippen LogP contribution in [-0.2, 0) is 39.0 Å². The summed E-state index contributed by atoms with van der Waals surface area (Å²) in [5, 5.41) is 24.1. The van der Waals surface area contributed by atoms with E-state index in [1.807, 2.05) is 38.5 Å². The average Bonchev–Trinajstić information content (AvgIpc) is 2.67. The van der Waals surface area contributed by atoms with E-state index >= 15 is 0 Å². The molecular formula is C19H28BF4O3Ru2. The summed E-state index contributed by atoms with van der Waals surface area (Å²) in [6, 6.07) is 0. The number of halogens is 4. The second-order valence-corrected chi connectivity index (χ2v) is 5.12. The van der Waals surface area contributed by atoms with Crippen LogP contribution in [0.25, 0.3) is 0 Å². The zero-order chi connectivity index (χ0) is 21.0. The minimum absolute atomic E-state index is 0. The number of rotatable bonds is 6. The fraction of sp³-hybridized carbons (Fsp3) is 0.368. The van der Waals surface area contributed by atoms with Crippen LogP contribution in [-0.4, -0.2) is 42.9 Å². The Hall–Kier alpha value is 0.912. The summed E-state index contributed by atoms with van der Waals surface area (Å²) in [4.78, 5) is 0. The van der Waals surface area contributed by atoms with E-state index < -0.39 is 7.25 Å². The molecule has 2 fully saturated rings. The van der Waals surface area contributed by atoms with Crippen molar-refractivity contribution < 1.29 is 71.5 Å². The van der Waals surface area contributed by atoms with Crippen molar-refractivity contribution in [2.45, 2.75) is 25.7 Å². The number of hydrogen-bond donors (Lipinski definition) is 3. The van der Waals surface area contributed by atoms with E-state index in [1.165, 1.54) is 11.8 Å². The van der Waals surface area contributed by atoms with Crippen LogP contribution in [0, 0.1) is 76.0 Å². The fourth-order valence-electron chi connectivity index (χ4n) is 1.86. The van der Waals surface area contributed by atoms with Crippen molar-refractivity contribution >= 4 is 7.25 Å². The zero-order valence-electron chi connectivity index (χ0n) is 16.2. The van der Waals surface area contributed by atoms with Crippen molar-refractivity contribution in [3.8, 4) is 0 Å². The van der Waals surface area contributed by atoms with Gasteiger partial charge in [0.25, 0.3) is 0 Å². The minimum atomic E-state index is -6.00. The first-order valence-corrected chi connectivity index (χ1v) is 8.48. The van der Waals surface area contributed by atoms with Crippen LogP contribution in [0.1, 0.15) is 25.7 Å². The minimum Gasteiger partial charge on any atom is -0.418 e. The molecule has 29 heavy (non-hydrogen) atoms. The van der Waals surface area contributed by atoms with Gasteiger partial charge < -0.3 is 32.6 Å². The van der Waals surface area contributed by atoms with Gasteiger partial charge in [-0.2, -0.15) is 0 Å². The van der Waals surface area contributed by atoms with E-state index in [4.69, 9.17) is 15.3 Å². The first-order valence-electron chi connectivity index (χ1n) is 8.48. The van der Waals surface area contributed by atoms with E-state index in [0.717, 1.165) is 32.8 Å². The molecule has 0 aromatic heterocycles. The van der Waals surface area contributed by atoms with Crippen molar-refractivity contribution in [2.24, 2.45) is 0 Å². The molecule has 2 saturated carbocycles. The molecule has 10 heteroatoms. The Morgan fingerprint density at radius 2 is 0.897 bits per heavy atom.